The van der Waals surface area contributed by atoms with E-state index >= 15 is 0 Å². The summed E-state index contributed by atoms with van der Waals surface area (Å²) in [6, 6.07) is -0.240. The van der Waals surface area contributed by atoms with Gasteiger partial charge in [0, 0.05) is 12.1 Å². The third-order valence-electron chi connectivity index (χ3n) is 3.22. The van der Waals surface area contributed by atoms with Crippen LogP contribution in [0.15, 0.2) is 6.20 Å². The zero-order chi connectivity index (χ0) is 14.8. The predicted octanol–water partition coefficient (Wildman–Crippen LogP) is 0.984. The molecule has 2 atom stereocenters. The second kappa shape index (κ2) is 6.11. The molecule has 4 N–H and O–H groups in total. The minimum absolute atomic E-state index is 0.0646. The van der Waals surface area contributed by atoms with Crippen molar-refractivity contribution in [3.8, 4) is 0 Å². The first kappa shape index (κ1) is 15.3. The van der Waals surface area contributed by atoms with Gasteiger partial charge in [-0.2, -0.15) is 4.98 Å². The number of hydrogen-bond donors (Lipinski definition) is 3. The van der Waals surface area contributed by atoms with E-state index in [2.05, 4.69) is 20.0 Å². The first-order valence-corrected chi connectivity index (χ1v) is 8.64. The van der Waals surface area contributed by atoms with Crippen molar-refractivity contribution in [3.63, 3.8) is 0 Å². The summed E-state index contributed by atoms with van der Waals surface area (Å²) in [7, 11) is -3.25. The van der Waals surface area contributed by atoms with Crippen molar-refractivity contribution in [2.45, 2.75) is 37.8 Å². The van der Waals surface area contributed by atoms with Gasteiger partial charge in [-0.3, -0.25) is 0 Å². The lowest BCUT2D eigenvalue weighted by atomic mass is 9.91. The van der Waals surface area contributed by atoms with E-state index in [1.807, 2.05) is 0 Å². The molecule has 1 aromatic heterocycles. The fourth-order valence-electron chi connectivity index (χ4n) is 2.38. The van der Waals surface area contributed by atoms with E-state index in [0.717, 1.165) is 31.9 Å². The first-order chi connectivity index (χ1) is 9.35. The predicted molar refractivity (Wildman–Crippen MR) is 79.1 cm³/mol. The summed E-state index contributed by atoms with van der Waals surface area (Å²) in [6.07, 6.45) is 6.22. The van der Waals surface area contributed by atoms with E-state index in [-0.39, 0.29) is 18.0 Å². The maximum absolute atomic E-state index is 11.4. The highest BCUT2D eigenvalue weighted by atomic mass is 35.5. The Balaban J connectivity index is 2.14. The van der Waals surface area contributed by atoms with Gasteiger partial charge in [-0.15, -0.1) is 0 Å². The summed E-state index contributed by atoms with van der Waals surface area (Å²) in [4.78, 5) is 7.84. The Bertz CT molecular complexity index is 580. The second-order valence-corrected chi connectivity index (χ2v) is 7.14. The fraction of sp³-hybridized carbons (Fsp3) is 0.636. The van der Waals surface area contributed by atoms with Crippen LogP contribution in [0.2, 0.25) is 5.02 Å². The van der Waals surface area contributed by atoms with E-state index in [0.29, 0.717) is 10.8 Å². The molecule has 1 heterocycles. The summed E-state index contributed by atoms with van der Waals surface area (Å²) in [5.41, 5.74) is 5.54. The van der Waals surface area contributed by atoms with E-state index < -0.39 is 10.0 Å². The van der Waals surface area contributed by atoms with Crippen LogP contribution >= 0.6 is 11.6 Å². The number of sulfonamides is 1. The van der Waals surface area contributed by atoms with Crippen LogP contribution in [0.3, 0.4) is 0 Å². The highest BCUT2D eigenvalue weighted by Crippen LogP contribution is 2.25. The lowest BCUT2D eigenvalue weighted by Crippen LogP contribution is -2.48. The molecule has 2 rings (SSSR count). The fourth-order valence-corrected chi connectivity index (χ4v) is 3.35. The first-order valence-electron chi connectivity index (χ1n) is 6.37. The van der Waals surface area contributed by atoms with Gasteiger partial charge in [0.05, 0.1) is 12.5 Å². The highest BCUT2D eigenvalue weighted by molar-refractivity contribution is 7.88. The standard InChI is InChI=1S/C11H18ClN5O2S/c1-20(18,19)17-9-5-3-2-4-8(9)15-10-7(12)6-14-11(13)16-10/h6,8-9,17H,2-5H2,1H3,(H3,13,14,15,16)/t8-,9-/m1/s1. The second-order valence-electron chi connectivity index (χ2n) is 4.96. The van der Waals surface area contributed by atoms with E-state index in [1.54, 1.807) is 0 Å². The molecule has 0 aromatic carbocycles. The SMILES string of the molecule is CS(=O)(=O)N[C@@H]1CCCC[C@H]1Nc1nc(N)ncc1Cl. The lowest BCUT2D eigenvalue weighted by molar-refractivity contribution is 0.379. The van der Waals surface area contributed by atoms with Crippen LogP contribution in [0.5, 0.6) is 0 Å². The monoisotopic (exact) mass is 319 g/mol. The number of anilines is 2. The molecular weight excluding hydrogens is 302 g/mol. The van der Waals surface area contributed by atoms with Crippen molar-refractivity contribution in [3.05, 3.63) is 11.2 Å². The number of halogens is 1. The summed E-state index contributed by atoms with van der Waals surface area (Å²) in [5, 5.41) is 3.54. The molecule has 7 nitrogen and oxygen atoms in total. The van der Waals surface area contributed by atoms with Crippen molar-refractivity contribution >= 4 is 33.4 Å². The topological polar surface area (TPSA) is 110 Å². The van der Waals surface area contributed by atoms with Crippen LogP contribution in [0, 0.1) is 0 Å². The van der Waals surface area contributed by atoms with E-state index in [9.17, 15) is 8.42 Å². The molecule has 0 aliphatic heterocycles. The lowest BCUT2D eigenvalue weighted by Gasteiger charge is -2.32. The van der Waals surface area contributed by atoms with Crippen molar-refractivity contribution in [1.82, 2.24) is 14.7 Å². The molecule has 9 heteroatoms. The third kappa shape index (κ3) is 4.19. The molecule has 1 aliphatic rings. The van der Waals surface area contributed by atoms with E-state index in [4.69, 9.17) is 17.3 Å². The molecule has 0 unspecified atom stereocenters. The normalized spacial score (nSPS) is 23.5. The average molecular weight is 320 g/mol. The molecule has 112 valence electrons. The molecule has 1 fully saturated rings. The summed E-state index contributed by atoms with van der Waals surface area (Å²) >= 11 is 6.01. The largest absolute Gasteiger partial charge is 0.368 e. The van der Waals surface area contributed by atoms with Crippen LogP contribution in [0.25, 0.3) is 0 Å². The van der Waals surface area contributed by atoms with Gasteiger partial charge in [0.15, 0.2) is 5.82 Å². The van der Waals surface area contributed by atoms with Crippen LogP contribution in [-0.4, -0.2) is 36.7 Å². The molecule has 1 aromatic rings. The van der Waals surface area contributed by atoms with Gasteiger partial charge in [0.25, 0.3) is 0 Å². The molecule has 0 spiro atoms. The van der Waals surface area contributed by atoms with Crippen molar-refractivity contribution < 1.29 is 8.42 Å². The van der Waals surface area contributed by atoms with Gasteiger partial charge in [0.1, 0.15) is 5.02 Å². The Morgan fingerprint density at radius 3 is 2.65 bits per heavy atom. The van der Waals surface area contributed by atoms with Gasteiger partial charge in [-0.25, -0.2) is 18.1 Å². The number of rotatable bonds is 4. The average Bonchev–Trinajstić information content (AvgIpc) is 2.34. The number of nitrogens with one attached hydrogen (secondary N) is 2. The van der Waals surface area contributed by atoms with Gasteiger partial charge in [-0.1, -0.05) is 24.4 Å². The Kier molecular flexibility index (Phi) is 4.66. The maximum atomic E-state index is 11.4. The van der Waals surface area contributed by atoms with Crippen LogP contribution in [0.1, 0.15) is 25.7 Å². The Hall–Kier alpha value is -1.12. The number of nitrogens with zero attached hydrogens (tertiary/aromatic N) is 2. The van der Waals surface area contributed by atoms with Gasteiger partial charge < -0.3 is 11.1 Å². The van der Waals surface area contributed by atoms with Gasteiger partial charge in [-0.05, 0) is 12.8 Å². The van der Waals surface area contributed by atoms with Crippen molar-refractivity contribution in [1.29, 1.82) is 0 Å². The molecule has 0 radical (unpaired) electrons. The van der Waals surface area contributed by atoms with Crippen LogP contribution in [0.4, 0.5) is 11.8 Å². The molecule has 1 saturated carbocycles. The zero-order valence-corrected chi connectivity index (χ0v) is 12.7. The Morgan fingerprint density at radius 2 is 2.00 bits per heavy atom. The number of nitrogens with two attached hydrogens (primary N) is 1. The number of nitrogen functional groups attached to an aromatic ring is 1. The summed E-state index contributed by atoms with van der Waals surface area (Å²) in [5.74, 6) is 0.562. The minimum atomic E-state index is -3.25. The Morgan fingerprint density at radius 1 is 1.35 bits per heavy atom. The van der Waals surface area contributed by atoms with E-state index in [1.165, 1.54) is 6.20 Å². The molecule has 20 heavy (non-hydrogen) atoms. The zero-order valence-electron chi connectivity index (χ0n) is 11.1. The van der Waals surface area contributed by atoms with Gasteiger partial charge >= 0.3 is 0 Å². The van der Waals surface area contributed by atoms with Crippen LogP contribution in [-0.2, 0) is 10.0 Å². The summed E-state index contributed by atoms with van der Waals surface area (Å²) < 4.78 is 25.5. The van der Waals surface area contributed by atoms with Crippen LogP contribution < -0.4 is 15.8 Å². The Labute approximate surface area is 123 Å². The number of aromatic nitrogens is 2. The maximum Gasteiger partial charge on any atom is 0.222 e. The highest BCUT2D eigenvalue weighted by Gasteiger charge is 2.28. The minimum Gasteiger partial charge on any atom is -0.368 e. The van der Waals surface area contributed by atoms with Gasteiger partial charge in [0.2, 0.25) is 16.0 Å². The molecule has 1 aliphatic carbocycles. The molecule has 0 saturated heterocycles. The quantitative estimate of drug-likeness (QED) is 0.763. The number of hydrogen-bond acceptors (Lipinski definition) is 6. The van der Waals surface area contributed by atoms with Crippen molar-refractivity contribution in [2.24, 2.45) is 0 Å². The van der Waals surface area contributed by atoms with Crippen molar-refractivity contribution in [2.75, 3.05) is 17.3 Å². The summed E-state index contributed by atoms with van der Waals surface area (Å²) in [6.45, 7) is 0. The smallest absolute Gasteiger partial charge is 0.222 e. The third-order valence-corrected chi connectivity index (χ3v) is 4.22. The molecular formula is C11H18ClN5O2S. The molecule has 0 amide bonds. The molecule has 0 bridgehead atoms.